The maximum absolute atomic E-state index is 13.5. The van der Waals surface area contributed by atoms with Gasteiger partial charge in [-0.25, -0.2) is 0 Å². The fourth-order valence-corrected chi connectivity index (χ4v) is 5.88. The lowest BCUT2D eigenvalue weighted by atomic mass is 9.83. The largest absolute Gasteiger partial charge is 0.416 e. The van der Waals surface area contributed by atoms with E-state index in [-0.39, 0.29) is 36.3 Å². The van der Waals surface area contributed by atoms with Gasteiger partial charge in [-0.15, -0.1) is 12.4 Å². The molecule has 226 valence electrons. The van der Waals surface area contributed by atoms with Crippen molar-refractivity contribution < 1.29 is 35.9 Å². The highest BCUT2D eigenvalue weighted by molar-refractivity contribution is 5.95. The fraction of sp³-hybridized carbons (Fsp3) is 0.517. The van der Waals surface area contributed by atoms with Crippen LogP contribution in [0.25, 0.3) is 0 Å². The van der Waals surface area contributed by atoms with Gasteiger partial charge in [-0.05, 0) is 49.9 Å². The van der Waals surface area contributed by atoms with E-state index >= 15 is 0 Å². The Hall–Kier alpha value is -2.79. The van der Waals surface area contributed by atoms with Crippen LogP contribution in [0.2, 0.25) is 0 Å². The van der Waals surface area contributed by atoms with E-state index in [1.807, 2.05) is 36.1 Å². The Balaban J connectivity index is 0.00000462. The summed E-state index contributed by atoms with van der Waals surface area (Å²) in [5.41, 5.74) is -1.69. The van der Waals surface area contributed by atoms with E-state index in [1.54, 1.807) is 6.92 Å². The standard InChI is InChI=1S/C29H33F6N3O2.ClH/c1-18-4-6-20(7-5-18)25-17-38(24-8-11-37(12-9-24)19(2)39)13-10-26(25)36(3)27(40)21-14-22(28(30,31)32)16-23(15-21)29(33,34)35;/h4-7,14-16,24-26H,8-13,17H2,1-3H3;1H. The molecule has 2 saturated heterocycles. The second kappa shape index (κ2) is 12.6. The van der Waals surface area contributed by atoms with Crippen molar-refractivity contribution in [1.82, 2.24) is 14.7 Å². The van der Waals surface area contributed by atoms with Crippen LogP contribution in [-0.4, -0.2) is 71.8 Å². The summed E-state index contributed by atoms with van der Waals surface area (Å²) in [4.78, 5) is 30.7. The van der Waals surface area contributed by atoms with Gasteiger partial charge in [-0.2, -0.15) is 26.3 Å². The molecule has 0 aliphatic carbocycles. The number of benzene rings is 2. The van der Waals surface area contributed by atoms with Gasteiger partial charge in [-0.1, -0.05) is 29.8 Å². The molecule has 2 fully saturated rings. The Kier molecular flexibility index (Phi) is 10.1. The van der Waals surface area contributed by atoms with Crippen molar-refractivity contribution in [2.45, 2.75) is 63.5 Å². The van der Waals surface area contributed by atoms with Gasteiger partial charge >= 0.3 is 12.4 Å². The lowest BCUT2D eigenvalue weighted by Gasteiger charge is -2.47. The zero-order chi connectivity index (χ0) is 29.4. The molecule has 12 heteroatoms. The van der Waals surface area contributed by atoms with Crippen LogP contribution >= 0.6 is 12.4 Å². The maximum Gasteiger partial charge on any atom is 0.416 e. The second-order valence-electron chi connectivity index (χ2n) is 10.8. The number of likely N-dealkylation sites (N-methyl/N-ethyl adjacent to an activating group) is 1. The van der Waals surface area contributed by atoms with Crippen LogP contribution in [0.4, 0.5) is 26.3 Å². The minimum atomic E-state index is -5.04. The minimum Gasteiger partial charge on any atom is -0.343 e. The number of likely N-dealkylation sites (tertiary alicyclic amines) is 2. The van der Waals surface area contributed by atoms with Crippen molar-refractivity contribution in [2.24, 2.45) is 0 Å². The Morgan fingerprint density at radius 3 is 1.88 bits per heavy atom. The number of nitrogens with zero attached hydrogens (tertiary/aromatic N) is 3. The van der Waals surface area contributed by atoms with E-state index in [2.05, 4.69) is 4.90 Å². The molecule has 5 nitrogen and oxygen atoms in total. The third-order valence-corrected chi connectivity index (χ3v) is 8.19. The molecular formula is C29H34ClF6N3O2. The van der Waals surface area contributed by atoms with Gasteiger partial charge in [0.25, 0.3) is 5.91 Å². The molecule has 2 atom stereocenters. The molecule has 0 spiro atoms. The van der Waals surface area contributed by atoms with Crippen molar-refractivity contribution in [1.29, 1.82) is 0 Å². The number of carbonyl (C=O) groups excluding carboxylic acids is 2. The number of piperidine rings is 2. The van der Waals surface area contributed by atoms with Gasteiger partial charge in [0.1, 0.15) is 0 Å². The number of halogens is 7. The van der Waals surface area contributed by atoms with Gasteiger partial charge in [0, 0.05) is 63.7 Å². The van der Waals surface area contributed by atoms with Gasteiger partial charge in [0.05, 0.1) is 11.1 Å². The molecule has 2 aromatic rings. The molecule has 2 heterocycles. The molecule has 0 bridgehead atoms. The first-order valence-corrected chi connectivity index (χ1v) is 13.3. The summed E-state index contributed by atoms with van der Waals surface area (Å²) in [7, 11) is 1.45. The van der Waals surface area contributed by atoms with E-state index in [4.69, 9.17) is 0 Å². The highest BCUT2D eigenvalue weighted by atomic mass is 35.5. The number of aryl methyl sites for hydroxylation is 1. The van der Waals surface area contributed by atoms with Gasteiger partial charge in [0.15, 0.2) is 0 Å². The van der Waals surface area contributed by atoms with Gasteiger partial charge in [-0.3, -0.25) is 14.5 Å². The molecule has 4 rings (SSSR count). The molecule has 0 radical (unpaired) electrons. The van der Waals surface area contributed by atoms with Crippen molar-refractivity contribution in [2.75, 3.05) is 33.2 Å². The average molecular weight is 606 g/mol. The van der Waals surface area contributed by atoms with Crippen molar-refractivity contribution >= 4 is 24.2 Å². The van der Waals surface area contributed by atoms with Crippen molar-refractivity contribution in [3.05, 3.63) is 70.3 Å². The van der Waals surface area contributed by atoms with E-state index in [1.165, 1.54) is 11.9 Å². The fourth-order valence-electron chi connectivity index (χ4n) is 5.88. The molecule has 0 saturated carbocycles. The molecule has 2 aromatic carbocycles. The van der Waals surface area contributed by atoms with Crippen molar-refractivity contribution in [3.8, 4) is 0 Å². The Morgan fingerprint density at radius 2 is 1.39 bits per heavy atom. The zero-order valence-corrected chi connectivity index (χ0v) is 23.9. The van der Waals surface area contributed by atoms with Crippen LogP contribution in [0.5, 0.6) is 0 Å². The summed E-state index contributed by atoms with van der Waals surface area (Å²) in [6, 6.07) is 8.62. The van der Waals surface area contributed by atoms with Crippen LogP contribution in [0.3, 0.4) is 0 Å². The molecular weight excluding hydrogens is 572 g/mol. The summed E-state index contributed by atoms with van der Waals surface area (Å²) < 4.78 is 80.6. The van der Waals surface area contributed by atoms with Crippen LogP contribution in [-0.2, 0) is 17.1 Å². The average Bonchev–Trinajstić information content (AvgIpc) is 2.91. The summed E-state index contributed by atoms with van der Waals surface area (Å²) in [5.74, 6) is -1.05. The van der Waals surface area contributed by atoms with Crippen LogP contribution < -0.4 is 0 Å². The summed E-state index contributed by atoms with van der Waals surface area (Å²) in [6.07, 6.45) is -7.96. The Morgan fingerprint density at radius 1 is 0.854 bits per heavy atom. The monoisotopic (exact) mass is 605 g/mol. The molecule has 0 aromatic heterocycles. The van der Waals surface area contributed by atoms with E-state index < -0.39 is 41.0 Å². The highest BCUT2D eigenvalue weighted by Gasteiger charge is 2.41. The van der Waals surface area contributed by atoms with Gasteiger partial charge in [0.2, 0.25) is 5.91 Å². The smallest absolute Gasteiger partial charge is 0.343 e. The van der Waals surface area contributed by atoms with E-state index in [9.17, 15) is 35.9 Å². The number of alkyl halides is 6. The predicted molar refractivity (Wildman–Crippen MR) is 145 cm³/mol. The number of amides is 2. The molecule has 2 unspecified atom stereocenters. The minimum absolute atomic E-state index is 0. The lowest BCUT2D eigenvalue weighted by molar-refractivity contribution is -0.143. The summed E-state index contributed by atoms with van der Waals surface area (Å²) in [5, 5.41) is 0. The number of carbonyl (C=O) groups is 2. The zero-order valence-electron chi connectivity index (χ0n) is 23.1. The molecule has 0 N–H and O–H groups in total. The molecule has 41 heavy (non-hydrogen) atoms. The third-order valence-electron chi connectivity index (χ3n) is 8.19. The van der Waals surface area contributed by atoms with Crippen LogP contribution in [0.1, 0.15) is 64.7 Å². The van der Waals surface area contributed by atoms with E-state index in [0.29, 0.717) is 44.7 Å². The number of hydrogen-bond donors (Lipinski definition) is 0. The number of rotatable bonds is 4. The SMILES string of the molecule is CC(=O)N1CCC(N2CCC(N(C)C(=O)c3cc(C(F)(F)F)cc(C(F)(F)F)c3)C(c3ccc(C)cc3)C2)CC1.Cl. The molecule has 2 aliphatic heterocycles. The first-order chi connectivity index (χ1) is 18.6. The summed E-state index contributed by atoms with van der Waals surface area (Å²) >= 11 is 0. The topological polar surface area (TPSA) is 43.9 Å². The normalized spacial score (nSPS) is 20.9. The van der Waals surface area contributed by atoms with Crippen LogP contribution in [0.15, 0.2) is 42.5 Å². The lowest BCUT2D eigenvalue weighted by Crippen LogP contribution is -2.55. The third kappa shape index (κ3) is 7.54. The first-order valence-electron chi connectivity index (χ1n) is 13.3. The first kappa shape index (κ1) is 32.7. The van der Waals surface area contributed by atoms with Crippen molar-refractivity contribution in [3.63, 3.8) is 0 Å². The van der Waals surface area contributed by atoms with E-state index in [0.717, 1.165) is 24.0 Å². The van der Waals surface area contributed by atoms with Crippen LogP contribution in [0, 0.1) is 6.92 Å². The molecule has 2 aliphatic rings. The van der Waals surface area contributed by atoms with Gasteiger partial charge < -0.3 is 9.80 Å². The number of hydrogen-bond acceptors (Lipinski definition) is 3. The highest BCUT2D eigenvalue weighted by Crippen LogP contribution is 2.38. The quantitative estimate of drug-likeness (QED) is 0.379. The Labute approximate surface area is 241 Å². The molecule has 2 amide bonds. The predicted octanol–water partition coefficient (Wildman–Crippen LogP) is 6.40. The Bertz CT molecular complexity index is 1190. The summed E-state index contributed by atoms with van der Waals surface area (Å²) in [6.45, 7) is 6.00. The maximum atomic E-state index is 13.5. The second-order valence-corrected chi connectivity index (χ2v) is 10.8.